The van der Waals surface area contributed by atoms with Gasteiger partial charge in [0, 0.05) is 17.5 Å². The first-order chi connectivity index (χ1) is 10.6. The molecule has 120 valence electrons. The van der Waals surface area contributed by atoms with Crippen LogP contribution in [0.4, 0.5) is 0 Å². The third-order valence-corrected chi connectivity index (χ3v) is 5.38. The van der Waals surface area contributed by atoms with Crippen LogP contribution >= 0.6 is 0 Å². The molecular weight excluding hydrogens is 274 g/mol. The summed E-state index contributed by atoms with van der Waals surface area (Å²) in [6, 6.07) is 7.62. The molecule has 1 fully saturated rings. The van der Waals surface area contributed by atoms with Gasteiger partial charge in [-0.2, -0.15) is 0 Å². The number of likely N-dealkylation sites (tertiary alicyclic amines) is 1. The van der Waals surface area contributed by atoms with Crippen LogP contribution in [0.5, 0.6) is 11.5 Å². The molecule has 3 heteroatoms. The summed E-state index contributed by atoms with van der Waals surface area (Å²) in [6.45, 7) is 5.78. The molecule has 0 radical (unpaired) electrons. The third-order valence-electron chi connectivity index (χ3n) is 5.38. The molecular formula is C19H27NO2. The summed E-state index contributed by atoms with van der Waals surface area (Å²) in [4.78, 5) is 2.67. The van der Waals surface area contributed by atoms with Gasteiger partial charge < -0.3 is 9.47 Å². The molecule has 0 amide bonds. The summed E-state index contributed by atoms with van der Waals surface area (Å²) in [6.07, 6.45) is 8.41. The van der Waals surface area contributed by atoms with Crippen LogP contribution in [0, 0.1) is 0 Å². The number of fused-ring (bicyclic) bond motifs is 1. The van der Waals surface area contributed by atoms with Crippen LogP contribution in [0.15, 0.2) is 30.4 Å². The fourth-order valence-electron chi connectivity index (χ4n) is 4.27. The summed E-state index contributed by atoms with van der Waals surface area (Å²) in [5.74, 6) is 1.63. The molecule has 0 bridgehead atoms. The number of methoxy groups -OCH3 is 2. The zero-order chi connectivity index (χ0) is 15.7. The predicted molar refractivity (Wildman–Crippen MR) is 89.8 cm³/mol. The summed E-state index contributed by atoms with van der Waals surface area (Å²) in [5, 5.41) is 0. The first-order valence-corrected chi connectivity index (χ1v) is 8.28. The Kier molecular flexibility index (Phi) is 4.18. The van der Waals surface area contributed by atoms with Crippen molar-refractivity contribution in [1.82, 2.24) is 4.90 Å². The normalized spacial score (nSPS) is 28.0. The molecule has 1 heterocycles. The quantitative estimate of drug-likeness (QED) is 0.790. The largest absolute Gasteiger partial charge is 0.493 e. The van der Waals surface area contributed by atoms with Gasteiger partial charge in [0.25, 0.3) is 0 Å². The number of hydrogen-bond acceptors (Lipinski definition) is 3. The average molecular weight is 301 g/mol. The van der Waals surface area contributed by atoms with E-state index in [1.165, 1.54) is 31.4 Å². The summed E-state index contributed by atoms with van der Waals surface area (Å²) < 4.78 is 10.9. The van der Waals surface area contributed by atoms with Crippen molar-refractivity contribution in [2.24, 2.45) is 0 Å². The Balaban J connectivity index is 2.04. The van der Waals surface area contributed by atoms with E-state index in [1.54, 1.807) is 14.2 Å². The number of ether oxygens (including phenoxy) is 2. The molecule has 0 aromatic heterocycles. The molecule has 1 aromatic carbocycles. The second-order valence-electron chi connectivity index (χ2n) is 6.69. The van der Waals surface area contributed by atoms with E-state index < -0.39 is 0 Å². The van der Waals surface area contributed by atoms with Crippen LogP contribution in [-0.4, -0.2) is 37.7 Å². The van der Waals surface area contributed by atoms with Crippen LogP contribution in [0.3, 0.4) is 0 Å². The maximum atomic E-state index is 5.52. The lowest BCUT2D eigenvalue weighted by atomic mass is 9.70. The molecule has 2 atom stereocenters. The molecule has 1 aliphatic carbocycles. The minimum atomic E-state index is 0.127. The van der Waals surface area contributed by atoms with Crippen molar-refractivity contribution < 1.29 is 9.47 Å². The number of rotatable bonds is 4. The van der Waals surface area contributed by atoms with Gasteiger partial charge in [0.2, 0.25) is 0 Å². The summed E-state index contributed by atoms with van der Waals surface area (Å²) >= 11 is 0. The van der Waals surface area contributed by atoms with Gasteiger partial charge in [-0.3, -0.25) is 4.90 Å². The van der Waals surface area contributed by atoms with Gasteiger partial charge in [0.15, 0.2) is 11.5 Å². The van der Waals surface area contributed by atoms with E-state index in [1.807, 2.05) is 6.07 Å². The minimum Gasteiger partial charge on any atom is -0.493 e. The lowest BCUT2D eigenvalue weighted by Crippen LogP contribution is -2.45. The van der Waals surface area contributed by atoms with Gasteiger partial charge in [-0.25, -0.2) is 0 Å². The Morgan fingerprint density at radius 3 is 2.64 bits per heavy atom. The molecule has 0 N–H and O–H groups in total. The number of allylic oxidation sites excluding steroid dienone is 1. The summed E-state index contributed by atoms with van der Waals surface area (Å²) in [7, 11) is 3.40. The second-order valence-corrected chi connectivity index (χ2v) is 6.69. The smallest absolute Gasteiger partial charge is 0.161 e. The van der Waals surface area contributed by atoms with E-state index in [4.69, 9.17) is 9.47 Å². The second kappa shape index (κ2) is 5.96. The van der Waals surface area contributed by atoms with Crippen LogP contribution in [0.1, 0.15) is 38.7 Å². The van der Waals surface area contributed by atoms with E-state index in [9.17, 15) is 0 Å². The van der Waals surface area contributed by atoms with Gasteiger partial charge in [-0.1, -0.05) is 18.2 Å². The fraction of sp³-hybridized carbons (Fsp3) is 0.579. The predicted octanol–water partition coefficient (Wildman–Crippen LogP) is 3.77. The molecule has 22 heavy (non-hydrogen) atoms. The van der Waals surface area contributed by atoms with Crippen LogP contribution < -0.4 is 9.47 Å². The highest BCUT2D eigenvalue weighted by Gasteiger charge is 2.48. The van der Waals surface area contributed by atoms with Crippen LogP contribution in [0.2, 0.25) is 0 Å². The third kappa shape index (κ3) is 2.32. The van der Waals surface area contributed by atoms with Crippen LogP contribution in [-0.2, 0) is 5.41 Å². The van der Waals surface area contributed by atoms with Gasteiger partial charge in [0.1, 0.15) is 0 Å². The molecule has 1 aromatic rings. The lowest BCUT2D eigenvalue weighted by Gasteiger charge is -2.40. The van der Waals surface area contributed by atoms with E-state index in [0.717, 1.165) is 11.5 Å². The van der Waals surface area contributed by atoms with Gasteiger partial charge in [0.05, 0.1) is 14.2 Å². The van der Waals surface area contributed by atoms with Crippen molar-refractivity contribution in [3.63, 3.8) is 0 Å². The molecule has 0 saturated carbocycles. The van der Waals surface area contributed by atoms with Crippen molar-refractivity contribution in [3.05, 3.63) is 35.9 Å². The number of nitrogens with zero attached hydrogens (tertiary/aromatic N) is 1. The first kappa shape index (κ1) is 15.4. The zero-order valence-electron chi connectivity index (χ0n) is 14.1. The highest BCUT2D eigenvalue weighted by atomic mass is 16.5. The minimum absolute atomic E-state index is 0.127. The van der Waals surface area contributed by atoms with Crippen molar-refractivity contribution in [1.29, 1.82) is 0 Å². The van der Waals surface area contributed by atoms with Gasteiger partial charge in [-0.05, 0) is 57.4 Å². The maximum Gasteiger partial charge on any atom is 0.161 e. The highest BCUT2D eigenvalue weighted by Crippen LogP contribution is 2.48. The molecule has 1 saturated heterocycles. The van der Waals surface area contributed by atoms with Crippen molar-refractivity contribution in [2.75, 3.05) is 20.8 Å². The van der Waals surface area contributed by atoms with Crippen LogP contribution in [0.25, 0.3) is 0 Å². The van der Waals surface area contributed by atoms with E-state index >= 15 is 0 Å². The summed E-state index contributed by atoms with van der Waals surface area (Å²) in [5.41, 5.74) is 1.48. The van der Waals surface area contributed by atoms with E-state index in [0.29, 0.717) is 12.1 Å². The zero-order valence-corrected chi connectivity index (χ0v) is 14.1. The lowest BCUT2D eigenvalue weighted by molar-refractivity contribution is 0.168. The molecule has 1 aliphatic heterocycles. The van der Waals surface area contributed by atoms with Gasteiger partial charge in [-0.15, -0.1) is 0 Å². The monoisotopic (exact) mass is 301 g/mol. The highest BCUT2D eigenvalue weighted by molar-refractivity contribution is 5.48. The fourth-order valence-corrected chi connectivity index (χ4v) is 4.27. The van der Waals surface area contributed by atoms with E-state index in [-0.39, 0.29) is 5.41 Å². The molecule has 0 spiro atoms. The Bertz CT molecular complexity index is 567. The standard InChI is InChI=1S/C19H27NO2/c1-14(2)20-12-11-19(10-6-5-7-18(19)20)15-8-9-16(21-3)17(13-15)22-4/h6,8-10,13-14,18H,5,7,11-12H2,1-4H3/t18?,19-/m0/s1. The van der Waals surface area contributed by atoms with Crippen molar-refractivity contribution in [3.8, 4) is 11.5 Å². The molecule has 2 aliphatic rings. The Morgan fingerprint density at radius 2 is 1.95 bits per heavy atom. The topological polar surface area (TPSA) is 21.7 Å². The Hall–Kier alpha value is -1.48. The molecule has 1 unspecified atom stereocenters. The van der Waals surface area contributed by atoms with Crippen molar-refractivity contribution >= 4 is 0 Å². The number of hydrogen-bond donors (Lipinski definition) is 0. The Morgan fingerprint density at radius 1 is 1.18 bits per heavy atom. The Labute approximate surface area is 133 Å². The average Bonchev–Trinajstić information content (AvgIpc) is 2.95. The molecule has 3 nitrogen and oxygen atoms in total. The first-order valence-electron chi connectivity index (χ1n) is 8.28. The SMILES string of the molecule is COc1ccc([C@@]23C=CCCC2N(C(C)C)CC3)cc1OC. The van der Waals surface area contributed by atoms with Crippen molar-refractivity contribution in [2.45, 2.75) is 50.6 Å². The maximum absolute atomic E-state index is 5.52. The van der Waals surface area contributed by atoms with Gasteiger partial charge >= 0.3 is 0 Å². The number of benzene rings is 1. The molecule has 3 rings (SSSR count). The van der Waals surface area contributed by atoms with E-state index in [2.05, 4.69) is 43.0 Å².